The molecule has 4 bridgehead atoms. The molecule has 0 radical (unpaired) electrons. The molecule has 0 amide bonds. The number of fused-ring (bicyclic) bond motifs is 6. The van der Waals surface area contributed by atoms with Crippen LogP contribution in [0.5, 0.6) is 0 Å². The Hall–Kier alpha value is -4.66. The summed E-state index contributed by atoms with van der Waals surface area (Å²) in [4.78, 5) is 35.3. The third kappa shape index (κ3) is 12.2. The third-order valence-electron chi connectivity index (χ3n) is 10.2. The van der Waals surface area contributed by atoms with E-state index in [0.29, 0.717) is 12.8 Å². The molecule has 5 rings (SSSR count). The summed E-state index contributed by atoms with van der Waals surface area (Å²) in [5.74, 6) is -0.844. The van der Waals surface area contributed by atoms with Crippen LogP contribution in [0.4, 0.5) is 0 Å². The first-order valence-electron chi connectivity index (χ1n) is 18.9. The number of hydrogen-bond donors (Lipinski definition) is 2. The molecule has 2 fully saturated rings. The van der Waals surface area contributed by atoms with Crippen LogP contribution in [0.25, 0.3) is 6.08 Å². The highest BCUT2D eigenvalue weighted by atomic mass is 16.6. The van der Waals surface area contributed by atoms with Gasteiger partial charge in [-0.25, -0.2) is 19.6 Å². The minimum Gasteiger partial charge on any atom is -0.457 e. The van der Waals surface area contributed by atoms with E-state index in [-0.39, 0.29) is 61.4 Å². The van der Waals surface area contributed by atoms with Gasteiger partial charge in [-0.15, -0.1) is 0 Å². The first-order valence-corrected chi connectivity index (χ1v) is 18.9. The first kappa shape index (κ1) is 45.0. The number of nitrogens with zero attached hydrogens (tertiary/aromatic N) is 2. The molecule has 2 unspecified atom stereocenters. The lowest BCUT2D eigenvalue weighted by molar-refractivity contribution is -0.0461. The van der Waals surface area contributed by atoms with E-state index in [1.165, 1.54) is 12.5 Å². The molecule has 0 aliphatic carbocycles. The molecule has 5 heterocycles. The second-order valence-corrected chi connectivity index (χ2v) is 15.1. The minimum atomic E-state index is -0.884. The molecule has 9 atom stereocenters. The number of esters is 2. The van der Waals surface area contributed by atoms with Crippen molar-refractivity contribution in [3.63, 3.8) is 0 Å². The molecule has 2 saturated heterocycles. The average molecular weight is 791 g/mol. The van der Waals surface area contributed by atoms with Crippen LogP contribution < -0.4 is 0 Å². The number of carbonyl (C=O) groups is 2. The minimum absolute atomic E-state index is 0. The predicted molar refractivity (Wildman–Crippen MR) is 214 cm³/mol. The Bertz CT molecular complexity index is 1840. The van der Waals surface area contributed by atoms with Gasteiger partial charge in [0.1, 0.15) is 49.2 Å². The van der Waals surface area contributed by atoms with Gasteiger partial charge in [-0.2, -0.15) is 0 Å². The lowest BCUT2D eigenvalue weighted by Gasteiger charge is -2.36. The maximum atomic E-state index is 13.4. The largest absolute Gasteiger partial charge is 0.457 e. The molecular weight excluding hydrogens is 732 g/mol. The van der Waals surface area contributed by atoms with Crippen molar-refractivity contribution in [2.24, 2.45) is 10.8 Å². The Labute approximate surface area is 335 Å². The lowest BCUT2D eigenvalue weighted by atomic mass is 9.79. The van der Waals surface area contributed by atoms with Gasteiger partial charge in [-0.05, 0) is 13.8 Å². The fourth-order valence-corrected chi connectivity index (χ4v) is 6.10. The molecule has 2 aromatic rings. The Kier molecular flexibility index (Phi) is 15.9. The van der Waals surface area contributed by atoms with Gasteiger partial charge in [0, 0.05) is 36.9 Å². The maximum absolute atomic E-state index is 13.4. The maximum Gasteiger partial charge on any atom is 0.360 e. The summed E-state index contributed by atoms with van der Waals surface area (Å²) < 4.78 is 40.3. The van der Waals surface area contributed by atoms with Crippen LogP contribution in [0.3, 0.4) is 0 Å². The van der Waals surface area contributed by atoms with Gasteiger partial charge in [0.15, 0.2) is 17.3 Å². The van der Waals surface area contributed by atoms with Gasteiger partial charge >= 0.3 is 11.9 Å². The first-order chi connectivity index (χ1) is 26.8. The summed E-state index contributed by atoms with van der Waals surface area (Å²) in [5.41, 5.74) is -1.68. The molecule has 2 aromatic heterocycles. The summed E-state index contributed by atoms with van der Waals surface area (Å²) in [6, 6.07) is 0. The van der Waals surface area contributed by atoms with Crippen molar-refractivity contribution in [2.45, 2.75) is 123 Å². The van der Waals surface area contributed by atoms with Crippen molar-refractivity contribution in [2.75, 3.05) is 7.11 Å². The number of aliphatic hydroxyl groups is 2. The summed E-state index contributed by atoms with van der Waals surface area (Å²) in [6.07, 6.45) is 24.1. The number of carbonyl (C=O) groups excluding carboxylic acids is 2. The van der Waals surface area contributed by atoms with E-state index < -0.39 is 53.3 Å². The summed E-state index contributed by atoms with van der Waals surface area (Å²) >= 11 is 0. The zero-order chi connectivity index (χ0) is 40.5. The average Bonchev–Trinajstić information content (AvgIpc) is 3.96. The fraction of sp³-hybridized carbons (Fsp3) is 0.500. The molecule has 13 nitrogen and oxygen atoms in total. The lowest BCUT2D eigenvalue weighted by Crippen LogP contribution is -2.42. The number of cyclic esters (lactones) is 2. The van der Waals surface area contributed by atoms with Gasteiger partial charge in [-0.1, -0.05) is 114 Å². The number of aliphatic hydroxyl groups excluding tert-OH is 2. The number of oxazole rings is 2. The number of aromatic nitrogens is 2. The zero-order valence-electron chi connectivity index (χ0n) is 33.0. The number of hydrogen-bond acceptors (Lipinski definition) is 13. The zero-order valence-corrected chi connectivity index (χ0v) is 33.0. The van der Waals surface area contributed by atoms with Crippen LogP contribution in [-0.2, 0) is 30.1 Å². The molecule has 3 aliphatic rings. The Balaban J connectivity index is 0.00000720. The summed E-state index contributed by atoms with van der Waals surface area (Å²) in [5, 5.41) is 21.9. The van der Waals surface area contributed by atoms with E-state index in [9.17, 15) is 19.8 Å². The molecule has 2 N–H and O–H groups in total. The van der Waals surface area contributed by atoms with Gasteiger partial charge in [0.2, 0.25) is 5.89 Å². The molecule has 0 spiro atoms. The predicted octanol–water partition coefficient (Wildman–Crippen LogP) is 7.10. The van der Waals surface area contributed by atoms with Gasteiger partial charge < -0.3 is 42.7 Å². The van der Waals surface area contributed by atoms with Crippen LogP contribution in [0.15, 0.2) is 100 Å². The van der Waals surface area contributed by atoms with E-state index in [1.54, 1.807) is 49.6 Å². The number of ether oxygens (including phenoxy) is 5. The van der Waals surface area contributed by atoms with Crippen molar-refractivity contribution >= 4 is 18.0 Å². The highest BCUT2D eigenvalue weighted by Crippen LogP contribution is 2.35. The van der Waals surface area contributed by atoms with E-state index in [0.717, 1.165) is 0 Å². The SMILES string of the molecule is C.C/C=C/[C@H](O)C(C)(C)[C@@H]1C/C=C\C2OC2/C=C/[C@H](OC)Cc2nc(co2)C(=O)O[C@H](C(C)(C)[C@@H](O)/C=C/C)C/C=C\[C@H]2O[C@H]2/C=C/C=C\c2nc(co2)C(=O)O1. The molecule has 13 heteroatoms. The van der Waals surface area contributed by atoms with E-state index in [4.69, 9.17) is 32.5 Å². The van der Waals surface area contributed by atoms with Crippen LogP contribution in [0.2, 0.25) is 0 Å². The quantitative estimate of drug-likeness (QED) is 0.165. The van der Waals surface area contributed by atoms with Gasteiger partial charge in [-0.3, -0.25) is 0 Å². The highest BCUT2D eigenvalue weighted by Gasteiger charge is 2.41. The topological polar surface area (TPSA) is 179 Å². The van der Waals surface area contributed by atoms with Crippen LogP contribution in [0, 0.1) is 10.8 Å². The monoisotopic (exact) mass is 790 g/mol. The number of epoxide rings is 2. The summed E-state index contributed by atoms with van der Waals surface area (Å²) in [7, 11) is 1.56. The Morgan fingerprint density at radius 1 is 0.737 bits per heavy atom. The number of rotatable bonds is 7. The Morgan fingerprint density at radius 2 is 1.25 bits per heavy atom. The van der Waals surface area contributed by atoms with Crippen molar-refractivity contribution in [1.82, 2.24) is 9.97 Å². The molecule has 310 valence electrons. The molecule has 0 aromatic carbocycles. The Morgan fingerprint density at radius 3 is 1.79 bits per heavy atom. The molecule has 0 saturated carbocycles. The van der Waals surface area contributed by atoms with Crippen molar-refractivity contribution in [1.29, 1.82) is 0 Å². The van der Waals surface area contributed by atoms with Crippen molar-refractivity contribution < 1.29 is 52.3 Å². The molecule has 57 heavy (non-hydrogen) atoms. The fourth-order valence-electron chi connectivity index (χ4n) is 6.10. The molecular formula is C44H58N2O11. The van der Waals surface area contributed by atoms with E-state index in [1.807, 2.05) is 84.1 Å². The second-order valence-electron chi connectivity index (χ2n) is 15.1. The van der Waals surface area contributed by atoms with E-state index >= 15 is 0 Å². The van der Waals surface area contributed by atoms with Crippen LogP contribution in [0.1, 0.15) is 94.6 Å². The number of methoxy groups -OCH3 is 1. The van der Waals surface area contributed by atoms with Crippen molar-refractivity contribution in [3.05, 3.63) is 115 Å². The second kappa shape index (κ2) is 20.2. The van der Waals surface area contributed by atoms with Gasteiger partial charge in [0.05, 0.1) is 24.7 Å². The van der Waals surface area contributed by atoms with Crippen LogP contribution in [-0.4, -0.2) is 94.2 Å². The van der Waals surface area contributed by atoms with Crippen molar-refractivity contribution in [3.8, 4) is 0 Å². The smallest absolute Gasteiger partial charge is 0.360 e. The van der Waals surface area contributed by atoms with E-state index in [2.05, 4.69) is 9.97 Å². The molecule has 3 aliphatic heterocycles. The summed E-state index contributed by atoms with van der Waals surface area (Å²) in [6.45, 7) is 11.0. The highest BCUT2D eigenvalue weighted by molar-refractivity contribution is 5.87. The van der Waals surface area contributed by atoms with Gasteiger partial charge in [0.25, 0.3) is 0 Å². The normalized spacial score (nSPS) is 30.4. The number of allylic oxidation sites excluding steroid dienone is 4. The standard InChI is InChI=1S/C43H54N2O11.CH4/c1-8-14-34(46)42(3,4)36-20-13-18-32-33(54-32)23-22-27(50-7)24-39-45-29(26-52-39)41(49)56-37(43(5,6)35(47)15-9-2)19-12-17-31-30(53-31)16-10-11-21-38-44-28(25-51-38)40(48)55-36;/h8-18,21-23,25-27,30-37,46-47H,19-20,24H2,1-7H3;1H4/b14-8+,15-9+,16-10+,17-12-,18-13-,21-11-,23-22+;/t27-,30-,31+,32?,33?,34-,35-,36-,37-;/m0./s1. The third-order valence-corrected chi connectivity index (χ3v) is 10.2. The van der Waals surface area contributed by atoms with Crippen LogP contribution >= 0.6 is 0 Å².